The fraction of sp³-hybridized carbons (Fsp3) is 0.217. The van der Waals surface area contributed by atoms with Crippen LogP contribution < -0.4 is 0 Å². The maximum absolute atomic E-state index is 13.2. The number of aromatic nitrogens is 4. The van der Waals surface area contributed by atoms with Crippen molar-refractivity contribution >= 4 is 17.1 Å². The number of hydrogen-bond acceptors (Lipinski definition) is 4. The summed E-state index contributed by atoms with van der Waals surface area (Å²) in [5.41, 5.74) is 4.72. The third-order valence-corrected chi connectivity index (χ3v) is 5.62. The van der Waals surface area contributed by atoms with Gasteiger partial charge >= 0.3 is 0 Å². The van der Waals surface area contributed by atoms with E-state index in [9.17, 15) is 9.18 Å². The van der Waals surface area contributed by atoms with Crippen molar-refractivity contribution in [3.63, 3.8) is 0 Å². The lowest BCUT2D eigenvalue weighted by Crippen LogP contribution is -2.39. The predicted octanol–water partition coefficient (Wildman–Crippen LogP) is 4.18. The second-order valence-corrected chi connectivity index (χ2v) is 7.54. The van der Waals surface area contributed by atoms with Gasteiger partial charge in [-0.1, -0.05) is 24.3 Å². The van der Waals surface area contributed by atoms with E-state index in [1.165, 1.54) is 12.1 Å². The molecule has 0 saturated carbocycles. The number of nitrogens with zero attached hydrogens (tertiary/aromatic N) is 4. The number of rotatable bonds is 3. The molecular formula is C23H20FN5O. The van der Waals surface area contributed by atoms with Crippen LogP contribution in [0.4, 0.5) is 4.39 Å². The summed E-state index contributed by atoms with van der Waals surface area (Å²) in [5, 5.41) is 7.32. The Balaban J connectivity index is 1.38. The number of piperidine rings is 1. The van der Waals surface area contributed by atoms with Gasteiger partial charge in [-0.3, -0.25) is 9.89 Å². The molecule has 1 saturated heterocycles. The number of carbonyl (C=O) groups excluding carboxylic acids is 1. The summed E-state index contributed by atoms with van der Waals surface area (Å²) >= 11 is 0. The molecule has 30 heavy (non-hydrogen) atoms. The van der Waals surface area contributed by atoms with E-state index in [0.29, 0.717) is 24.3 Å². The van der Waals surface area contributed by atoms with Crippen molar-refractivity contribution in [2.75, 3.05) is 13.1 Å². The Morgan fingerprint density at radius 1 is 1.07 bits per heavy atom. The number of aromatic amines is 1. The van der Waals surface area contributed by atoms with E-state index >= 15 is 0 Å². The fourth-order valence-electron chi connectivity index (χ4n) is 4.11. The minimum Gasteiger partial charge on any atom is -0.338 e. The summed E-state index contributed by atoms with van der Waals surface area (Å²) in [5.74, 6) is -0.135. The van der Waals surface area contributed by atoms with E-state index < -0.39 is 0 Å². The Morgan fingerprint density at radius 2 is 1.90 bits per heavy atom. The number of carbonyl (C=O) groups is 1. The largest absolute Gasteiger partial charge is 0.338 e. The molecule has 3 heterocycles. The van der Waals surface area contributed by atoms with Crippen LogP contribution in [0.15, 0.2) is 60.9 Å². The van der Waals surface area contributed by atoms with Crippen LogP contribution in [0, 0.1) is 5.82 Å². The molecule has 5 rings (SSSR count). The lowest BCUT2D eigenvalue weighted by Gasteiger charge is -2.32. The van der Waals surface area contributed by atoms with Crippen molar-refractivity contribution < 1.29 is 9.18 Å². The van der Waals surface area contributed by atoms with Crippen molar-refractivity contribution in [2.45, 2.75) is 18.8 Å². The Morgan fingerprint density at radius 3 is 2.77 bits per heavy atom. The average molecular weight is 401 g/mol. The summed E-state index contributed by atoms with van der Waals surface area (Å²) in [6, 6.07) is 13.8. The van der Waals surface area contributed by atoms with E-state index in [2.05, 4.69) is 20.2 Å². The molecule has 1 fully saturated rings. The summed E-state index contributed by atoms with van der Waals surface area (Å²) in [6.07, 6.45) is 5.16. The molecule has 7 heteroatoms. The Bertz CT molecular complexity index is 1200. The minimum atomic E-state index is -0.277. The van der Waals surface area contributed by atoms with Crippen LogP contribution in [-0.2, 0) is 0 Å². The monoisotopic (exact) mass is 401 g/mol. The van der Waals surface area contributed by atoms with Gasteiger partial charge in [-0.15, -0.1) is 0 Å². The fourth-order valence-corrected chi connectivity index (χ4v) is 4.11. The van der Waals surface area contributed by atoms with E-state index in [1.54, 1.807) is 24.5 Å². The van der Waals surface area contributed by atoms with Crippen LogP contribution in [0.5, 0.6) is 0 Å². The zero-order valence-corrected chi connectivity index (χ0v) is 16.3. The van der Waals surface area contributed by atoms with Crippen LogP contribution >= 0.6 is 0 Å². The number of likely N-dealkylation sites (tertiary alicyclic amines) is 1. The van der Waals surface area contributed by atoms with E-state index in [-0.39, 0.29) is 17.6 Å². The zero-order chi connectivity index (χ0) is 20.5. The second-order valence-electron chi connectivity index (χ2n) is 7.54. The van der Waals surface area contributed by atoms with Gasteiger partial charge in [-0.05, 0) is 48.2 Å². The zero-order valence-electron chi connectivity index (χ0n) is 16.3. The van der Waals surface area contributed by atoms with Crippen molar-refractivity contribution in [2.24, 2.45) is 0 Å². The smallest absolute Gasteiger partial charge is 0.253 e. The molecule has 0 radical (unpaired) electrons. The van der Waals surface area contributed by atoms with E-state index in [4.69, 9.17) is 0 Å². The molecule has 0 aliphatic carbocycles. The first-order valence-corrected chi connectivity index (χ1v) is 9.99. The molecule has 0 unspecified atom stereocenters. The number of nitrogens with one attached hydrogen (secondary N) is 1. The normalized spacial score (nSPS) is 16.7. The van der Waals surface area contributed by atoms with Gasteiger partial charge in [-0.25, -0.2) is 14.4 Å². The Hall–Kier alpha value is -3.61. The molecule has 2 aromatic carbocycles. The Kier molecular flexibility index (Phi) is 4.71. The standard InChI is InChI=1S/C23H20FN5O/c24-19-8-6-15(7-9-19)16-3-1-4-17(13-16)23(30)29-12-2-5-18(14-29)20-21-22(28-27-20)26-11-10-25-21/h1,3-4,6-11,13,18H,2,5,12,14H2,(H,26,27,28)/t18-/m1/s1. The van der Waals surface area contributed by atoms with Gasteiger partial charge in [-0.2, -0.15) is 5.10 Å². The molecule has 0 bridgehead atoms. The van der Waals surface area contributed by atoms with Gasteiger partial charge in [0.2, 0.25) is 0 Å². The number of amides is 1. The van der Waals surface area contributed by atoms with Gasteiger partial charge in [0.25, 0.3) is 5.91 Å². The molecule has 1 aliphatic heterocycles. The summed E-state index contributed by atoms with van der Waals surface area (Å²) in [6.45, 7) is 1.32. The van der Waals surface area contributed by atoms with E-state index in [0.717, 1.165) is 35.2 Å². The quantitative estimate of drug-likeness (QED) is 0.559. The Labute approximate surface area is 172 Å². The summed E-state index contributed by atoms with van der Waals surface area (Å²) in [4.78, 5) is 23.8. The van der Waals surface area contributed by atoms with Crippen molar-refractivity contribution in [1.82, 2.24) is 25.1 Å². The van der Waals surface area contributed by atoms with Gasteiger partial charge in [0.15, 0.2) is 5.65 Å². The predicted molar refractivity (Wildman–Crippen MR) is 111 cm³/mol. The number of fused-ring (bicyclic) bond motifs is 1. The minimum absolute atomic E-state index is 0.00133. The van der Waals surface area contributed by atoms with Crippen LogP contribution in [0.25, 0.3) is 22.3 Å². The molecular weight excluding hydrogens is 381 g/mol. The average Bonchev–Trinajstić information content (AvgIpc) is 3.23. The number of H-pyrrole nitrogens is 1. The third-order valence-electron chi connectivity index (χ3n) is 5.62. The first-order valence-electron chi connectivity index (χ1n) is 9.99. The molecule has 2 aromatic heterocycles. The molecule has 0 spiro atoms. The highest BCUT2D eigenvalue weighted by Gasteiger charge is 2.28. The van der Waals surface area contributed by atoms with Crippen LogP contribution in [0.2, 0.25) is 0 Å². The number of hydrogen-bond donors (Lipinski definition) is 1. The summed E-state index contributed by atoms with van der Waals surface area (Å²) in [7, 11) is 0. The lowest BCUT2D eigenvalue weighted by molar-refractivity contribution is 0.0706. The second kappa shape index (κ2) is 7.67. The van der Waals surface area contributed by atoms with Crippen molar-refractivity contribution in [3.05, 3.63) is 78.0 Å². The highest BCUT2D eigenvalue weighted by molar-refractivity contribution is 5.95. The van der Waals surface area contributed by atoms with Crippen molar-refractivity contribution in [3.8, 4) is 11.1 Å². The molecule has 150 valence electrons. The maximum atomic E-state index is 13.2. The topological polar surface area (TPSA) is 74.8 Å². The molecule has 4 aromatic rings. The molecule has 1 amide bonds. The van der Waals surface area contributed by atoms with Crippen LogP contribution in [0.3, 0.4) is 0 Å². The maximum Gasteiger partial charge on any atom is 0.253 e. The van der Waals surface area contributed by atoms with Gasteiger partial charge < -0.3 is 4.90 Å². The van der Waals surface area contributed by atoms with Crippen LogP contribution in [0.1, 0.15) is 34.8 Å². The number of benzene rings is 2. The highest BCUT2D eigenvalue weighted by Crippen LogP contribution is 2.30. The van der Waals surface area contributed by atoms with Gasteiger partial charge in [0.05, 0.1) is 5.69 Å². The summed E-state index contributed by atoms with van der Waals surface area (Å²) < 4.78 is 13.2. The first-order chi connectivity index (χ1) is 14.7. The third kappa shape index (κ3) is 3.43. The van der Waals surface area contributed by atoms with Crippen molar-refractivity contribution in [1.29, 1.82) is 0 Å². The van der Waals surface area contributed by atoms with Gasteiger partial charge in [0, 0.05) is 37.0 Å². The molecule has 1 aliphatic rings. The molecule has 1 N–H and O–H groups in total. The SMILES string of the molecule is O=C(c1cccc(-c2ccc(F)cc2)c1)N1CCC[C@@H](c2[nH]nc3nccnc23)C1. The van der Waals surface area contributed by atoms with Gasteiger partial charge in [0.1, 0.15) is 11.3 Å². The van der Waals surface area contributed by atoms with E-state index in [1.807, 2.05) is 29.2 Å². The first kappa shape index (κ1) is 18.4. The molecule has 6 nitrogen and oxygen atoms in total. The highest BCUT2D eigenvalue weighted by atomic mass is 19.1. The van der Waals surface area contributed by atoms with Crippen LogP contribution in [-0.4, -0.2) is 44.1 Å². The lowest BCUT2D eigenvalue weighted by atomic mass is 9.93. The number of halogens is 1. The molecule has 1 atom stereocenters.